The molecular weight excluding hydrogens is 1030 g/mol. The van der Waals surface area contributed by atoms with E-state index in [-0.39, 0.29) is 39.6 Å². The molecule has 0 unspecified atom stereocenters. The Bertz CT molecular complexity index is 4290. The van der Waals surface area contributed by atoms with E-state index in [1.54, 1.807) is 30.6 Å². The third kappa shape index (κ3) is 13.9. The van der Waals surface area contributed by atoms with Crippen molar-refractivity contribution in [3.63, 3.8) is 0 Å². The van der Waals surface area contributed by atoms with Gasteiger partial charge in [0, 0.05) is 68.7 Å². The summed E-state index contributed by atoms with van der Waals surface area (Å²) in [7, 11) is -1.87. The van der Waals surface area contributed by atoms with Gasteiger partial charge >= 0.3 is 0 Å². The zero-order chi connectivity index (χ0) is 57.6. The molecule has 6 aromatic carbocycles. The fourth-order valence-electron chi connectivity index (χ4n) is 9.21. The topological polar surface area (TPSA) is 185 Å². The second kappa shape index (κ2) is 25.9. The first-order chi connectivity index (χ1) is 39.0. The molecule has 0 aliphatic heterocycles. The van der Waals surface area contributed by atoms with Crippen molar-refractivity contribution in [1.29, 1.82) is 0 Å². The van der Waals surface area contributed by atoms with Crippen LogP contribution in [0.1, 0.15) is 63.2 Å². The van der Waals surface area contributed by atoms with Crippen LogP contribution in [0, 0.1) is 0 Å². The quantitative estimate of drug-likeness (QED) is 0.0491. The van der Waals surface area contributed by atoms with Crippen LogP contribution >= 0.6 is 0 Å². The normalized spacial score (nSPS) is 11.0. The summed E-state index contributed by atoms with van der Waals surface area (Å²) in [5.41, 5.74) is 9.07. The minimum atomic E-state index is -1.87. The Morgan fingerprint density at radius 1 is 0.432 bits per heavy atom. The maximum atomic E-state index is 13.2. The SMILES string of the molecule is C/C(=C\C(=O)c1c(-c2ccccc2)c2ccccc2[nH]c1=O)c1ccccn1.C=C(O[Si](C)(C)C)c1c(-c2ccccc2)c2ccccc2[nH]c1=O.CC(=O)c1c(-c2ccccc2)c2ccccc2[nH]c1=O.CC(=O)c1ccccn1. The number of aromatic nitrogens is 5. The van der Waals surface area contributed by atoms with Gasteiger partial charge in [-0.1, -0.05) is 164 Å². The summed E-state index contributed by atoms with van der Waals surface area (Å²) in [5.74, 6) is -0.111. The monoisotopic (exact) mass is 1090 g/mol. The van der Waals surface area contributed by atoms with Gasteiger partial charge in [-0.3, -0.25) is 38.7 Å². The average Bonchev–Trinajstić information content (AvgIpc) is 3.47. The maximum absolute atomic E-state index is 13.2. The number of rotatable bonds is 11. The van der Waals surface area contributed by atoms with Gasteiger partial charge in [0.1, 0.15) is 11.5 Å². The molecule has 12 nitrogen and oxygen atoms in total. The van der Waals surface area contributed by atoms with Crippen LogP contribution in [0.4, 0.5) is 0 Å². The van der Waals surface area contributed by atoms with E-state index in [1.807, 2.05) is 189 Å². The summed E-state index contributed by atoms with van der Waals surface area (Å²) >= 11 is 0. The first-order valence-corrected chi connectivity index (χ1v) is 29.5. The molecule has 0 fully saturated rings. The van der Waals surface area contributed by atoms with E-state index >= 15 is 0 Å². The number of nitrogens with one attached hydrogen (secondary N) is 3. The van der Waals surface area contributed by atoms with Gasteiger partial charge in [0.05, 0.1) is 22.4 Å². The summed E-state index contributed by atoms with van der Waals surface area (Å²) in [6.07, 6.45) is 4.76. The molecule has 11 rings (SSSR count). The second-order valence-corrected chi connectivity index (χ2v) is 24.1. The van der Waals surface area contributed by atoms with E-state index in [4.69, 9.17) is 4.43 Å². The van der Waals surface area contributed by atoms with Crippen molar-refractivity contribution in [2.24, 2.45) is 0 Å². The van der Waals surface area contributed by atoms with Crippen LogP contribution in [0.5, 0.6) is 0 Å². The molecule has 0 saturated heterocycles. The number of benzene rings is 6. The van der Waals surface area contributed by atoms with Crippen molar-refractivity contribution in [1.82, 2.24) is 24.9 Å². The molecule has 0 spiro atoms. The third-order valence-electron chi connectivity index (χ3n) is 12.7. The highest BCUT2D eigenvalue weighted by atomic mass is 28.4. The van der Waals surface area contributed by atoms with E-state index in [1.165, 1.54) is 19.9 Å². The molecule has 0 radical (unpaired) electrons. The van der Waals surface area contributed by atoms with E-state index in [0.29, 0.717) is 44.9 Å². The minimum absolute atomic E-state index is 0.00981. The highest BCUT2D eigenvalue weighted by Gasteiger charge is 2.24. The highest BCUT2D eigenvalue weighted by molar-refractivity contribution is 6.70. The van der Waals surface area contributed by atoms with Crippen LogP contribution in [-0.4, -0.2) is 50.6 Å². The van der Waals surface area contributed by atoms with E-state index in [2.05, 4.69) is 51.1 Å². The number of ketones is 3. The lowest BCUT2D eigenvalue weighted by molar-refractivity contribution is 0.100. The number of carbonyl (C=O) groups excluding carboxylic acids is 3. The second-order valence-electron chi connectivity index (χ2n) is 19.7. The maximum Gasteiger partial charge on any atom is 0.260 e. The molecule has 13 heteroatoms. The number of para-hydroxylation sites is 3. The zero-order valence-electron chi connectivity index (χ0n) is 45.7. The molecule has 11 aromatic rings. The molecule has 3 N–H and O–H groups in total. The van der Waals surface area contributed by atoms with Gasteiger partial charge in [-0.25, -0.2) is 0 Å². The van der Waals surface area contributed by atoms with Crippen molar-refractivity contribution >= 4 is 69.7 Å². The number of pyridine rings is 5. The number of hydrogen-bond donors (Lipinski definition) is 3. The molecule has 5 heterocycles. The van der Waals surface area contributed by atoms with Crippen LogP contribution in [0.2, 0.25) is 19.6 Å². The minimum Gasteiger partial charge on any atom is -0.544 e. The van der Waals surface area contributed by atoms with Gasteiger partial charge in [0.15, 0.2) is 17.3 Å². The first-order valence-electron chi connectivity index (χ1n) is 26.1. The standard InChI is InChI=1S/C24H18N2O2.C20H21NO2Si.C17H13NO2.C7H7NO/c1-16(19-12-7-8-14-25-19)15-21(27)23-22(17-9-3-2-4-10-17)18-11-5-6-13-20(18)26-24(23)28;1-14(23-24(2,3)4)18-19(15-10-6-5-7-11-15)16-12-8-9-13-17(16)21-20(18)22;1-11(19)15-16(12-7-3-2-4-8-12)13-9-5-6-10-14(13)18-17(15)20;1-6(9)7-4-2-3-5-8-7/h2-15H,1H3,(H,26,28);5-13H,1H2,2-4H3,(H,21,22);2-10H,1H3,(H,18,20);2-5H,1H3/b16-15+;;;. The largest absolute Gasteiger partial charge is 0.544 e. The summed E-state index contributed by atoms with van der Waals surface area (Å²) in [5, 5.41) is 2.70. The van der Waals surface area contributed by atoms with Crippen LogP contribution < -0.4 is 16.7 Å². The molecule has 0 aliphatic rings. The summed E-state index contributed by atoms with van der Waals surface area (Å²) in [6.45, 7) is 15.0. The van der Waals surface area contributed by atoms with Crippen molar-refractivity contribution < 1.29 is 18.8 Å². The van der Waals surface area contributed by atoms with Crippen molar-refractivity contribution in [3.05, 3.63) is 284 Å². The van der Waals surface area contributed by atoms with Crippen molar-refractivity contribution in [3.8, 4) is 33.4 Å². The number of nitrogens with zero attached hydrogens (tertiary/aromatic N) is 2. The first kappa shape index (κ1) is 56.9. The molecule has 0 saturated carbocycles. The fourth-order valence-corrected chi connectivity index (χ4v) is 10.1. The molecule has 5 aromatic heterocycles. The Labute approximate surface area is 469 Å². The Hall–Kier alpha value is -10.2. The van der Waals surface area contributed by atoms with Crippen LogP contribution in [-0.2, 0) is 4.43 Å². The number of carbonyl (C=O) groups is 3. The lowest BCUT2D eigenvalue weighted by atomic mass is 9.93. The number of H-pyrrole nitrogens is 3. The predicted octanol–water partition coefficient (Wildman–Crippen LogP) is 14.6. The molecule has 81 heavy (non-hydrogen) atoms. The van der Waals surface area contributed by atoms with Gasteiger partial charge in [0.25, 0.3) is 16.7 Å². The molecule has 0 bridgehead atoms. The van der Waals surface area contributed by atoms with Gasteiger partial charge in [0.2, 0.25) is 8.32 Å². The van der Waals surface area contributed by atoms with Crippen molar-refractivity contribution in [2.45, 2.75) is 40.4 Å². The zero-order valence-corrected chi connectivity index (χ0v) is 46.7. The number of allylic oxidation sites excluding steroid dienone is 2. The number of aromatic amines is 3. The lowest BCUT2D eigenvalue weighted by Crippen LogP contribution is -2.26. The average molecular weight is 1090 g/mol. The summed E-state index contributed by atoms with van der Waals surface area (Å²) in [4.78, 5) is 90.1. The molecule has 0 atom stereocenters. The van der Waals surface area contributed by atoms with E-state index in [9.17, 15) is 28.8 Å². The fraction of sp³-hybridized carbons (Fsp3) is 0.0882. The number of fused-ring (bicyclic) bond motifs is 3. The molecule has 0 aliphatic carbocycles. The Kier molecular flexibility index (Phi) is 18.2. The molecule has 0 amide bonds. The Balaban J connectivity index is 0.000000149. The molecular formula is C68H59N5O7Si. The number of Topliss-reactive ketones (excluding diaryl/α,β-unsaturated/α-hetero) is 2. The van der Waals surface area contributed by atoms with Gasteiger partial charge in [-0.15, -0.1) is 0 Å². The van der Waals surface area contributed by atoms with Crippen LogP contribution in [0.3, 0.4) is 0 Å². The molecule has 402 valence electrons. The van der Waals surface area contributed by atoms with Crippen LogP contribution in [0.15, 0.2) is 240 Å². The van der Waals surface area contributed by atoms with Gasteiger partial charge < -0.3 is 19.4 Å². The van der Waals surface area contributed by atoms with Crippen LogP contribution in [0.25, 0.3) is 77.4 Å². The Morgan fingerprint density at radius 3 is 1.15 bits per heavy atom. The smallest absolute Gasteiger partial charge is 0.260 e. The van der Waals surface area contributed by atoms with Gasteiger partial charge in [-0.2, -0.15) is 0 Å². The predicted molar refractivity (Wildman–Crippen MR) is 330 cm³/mol. The summed E-state index contributed by atoms with van der Waals surface area (Å²) in [6, 6.07) is 62.6. The summed E-state index contributed by atoms with van der Waals surface area (Å²) < 4.78 is 6.04. The lowest BCUT2D eigenvalue weighted by Gasteiger charge is -2.23. The van der Waals surface area contributed by atoms with E-state index in [0.717, 1.165) is 49.4 Å². The van der Waals surface area contributed by atoms with Gasteiger partial charge in [-0.05, 0) is 104 Å². The van der Waals surface area contributed by atoms with E-state index < -0.39 is 13.9 Å². The number of hydrogen-bond acceptors (Lipinski definition) is 9. The Morgan fingerprint density at radius 2 is 0.778 bits per heavy atom. The third-order valence-corrected chi connectivity index (χ3v) is 13.6. The highest BCUT2D eigenvalue weighted by Crippen LogP contribution is 2.35. The van der Waals surface area contributed by atoms with Crippen molar-refractivity contribution in [2.75, 3.05) is 0 Å².